The number of nitrogens with zero attached hydrogens (tertiary/aromatic N) is 1. The van der Waals surface area contributed by atoms with Crippen LogP contribution in [0, 0.1) is 0 Å². The summed E-state index contributed by atoms with van der Waals surface area (Å²) in [5.41, 5.74) is 0. The molecule has 0 rings (SSSR count). The second-order valence-electron chi connectivity index (χ2n) is 5.01. The molecule has 5 nitrogen and oxygen atoms in total. The van der Waals surface area contributed by atoms with E-state index in [9.17, 15) is 4.79 Å². The van der Waals surface area contributed by atoms with Crippen LogP contribution in [-0.2, 0) is 14.0 Å². The molecule has 21 heavy (non-hydrogen) atoms. The van der Waals surface area contributed by atoms with E-state index in [1.165, 1.54) is 0 Å². The molecule has 0 aromatic carbocycles. The number of unbranched alkanes of at least 4 members (excludes halogenated alkanes) is 3. The molecule has 0 N–H and O–H groups in total. The Balaban J connectivity index is 4.63. The molecule has 0 aromatic heterocycles. The van der Waals surface area contributed by atoms with Gasteiger partial charge >= 0.3 is 135 Å². The third kappa shape index (κ3) is 11.3. The van der Waals surface area contributed by atoms with Crippen LogP contribution in [0.15, 0.2) is 4.99 Å². The van der Waals surface area contributed by atoms with Gasteiger partial charge in [-0.1, -0.05) is 0 Å². The summed E-state index contributed by atoms with van der Waals surface area (Å²) in [6.45, 7) is 8.82. The molecule has 0 amide bonds. The summed E-state index contributed by atoms with van der Waals surface area (Å²) in [5, 5.41) is 0. The van der Waals surface area contributed by atoms with Gasteiger partial charge in [0, 0.05) is 0 Å². The van der Waals surface area contributed by atoms with Gasteiger partial charge in [0.05, 0.1) is 0 Å². The van der Waals surface area contributed by atoms with E-state index in [0.717, 1.165) is 38.5 Å². The number of carbonyl (C=O) groups excluding carboxylic acids is 1. The molecule has 6 heteroatoms. The van der Waals surface area contributed by atoms with E-state index < -0.39 is 19.6 Å². The summed E-state index contributed by atoms with van der Waals surface area (Å²) in [7, 11) is 0. The van der Waals surface area contributed by atoms with Gasteiger partial charge in [-0.2, -0.15) is 0 Å². The topological polar surface area (TPSA) is 57.1 Å². The van der Waals surface area contributed by atoms with Gasteiger partial charge < -0.3 is 0 Å². The van der Waals surface area contributed by atoms with Crippen LogP contribution in [0.25, 0.3) is 0 Å². The van der Waals surface area contributed by atoms with E-state index >= 15 is 0 Å². The first kappa shape index (κ1) is 21.1. The van der Waals surface area contributed by atoms with E-state index in [4.69, 9.17) is 9.22 Å². The first-order chi connectivity index (χ1) is 10.2. The summed E-state index contributed by atoms with van der Waals surface area (Å²) in [4.78, 5) is 13.9. The van der Waals surface area contributed by atoms with Gasteiger partial charge in [0.15, 0.2) is 0 Å². The minimum atomic E-state index is -3.56. The zero-order valence-electron chi connectivity index (χ0n) is 13.9. The Bertz CT molecular complexity index is 256. The van der Waals surface area contributed by atoms with Crippen LogP contribution in [-0.4, -0.2) is 52.1 Å². The summed E-state index contributed by atoms with van der Waals surface area (Å²) in [6.07, 6.45) is 7.84. The third-order valence-corrected chi connectivity index (χ3v) is 11.0. The van der Waals surface area contributed by atoms with Crippen molar-refractivity contribution in [3.8, 4) is 0 Å². The van der Waals surface area contributed by atoms with Crippen molar-refractivity contribution >= 4 is 25.7 Å². The van der Waals surface area contributed by atoms with Crippen molar-refractivity contribution in [2.75, 3.05) is 26.4 Å². The molecule has 0 fully saturated rings. The van der Waals surface area contributed by atoms with Crippen LogP contribution in [0.2, 0.25) is 4.44 Å². The Labute approximate surface area is 135 Å². The van der Waals surface area contributed by atoms with Gasteiger partial charge in [0.2, 0.25) is 0 Å². The molecule has 0 saturated carbocycles. The second-order valence-corrected chi connectivity index (χ2v) is 12.8. The van der Waals surface area contributed by atoms with E-state index in [1.54, 1.807) is 6.08 Å². The Hall–Kier alpha value is 0.0587. The molecule has 0 saturated heterocycles. The number of isocyanates is 1. The molecule has 0 bridgehead atoms. The molecule has 0 spiro atoms. The zero-order chi connectivity index (χ0) is 15.8. The Morgan fingerprint density at radius 3 is 1.62 bits per heavy atom. The molecule has 0 atom stereocenters. The minimum absolute atomic E-state index is 0.393. The predicted octanol–water partition coefficient (Wildman–Crippen LogP) is 3.71. The zero-order valence-corrected chi connectivity index (χ0v) is 16.7. The van der Waals surface area contributed by atoms with Crippen LogP contribution >= 0.6 is 0 Å². The Kier molecular flexibility index (Phi) is 15.0. The SMILES string of the molecule is CCCC[O][Sn]([CH2]CN=C=O)([O]CCCC)[O]CCCC. The molecule has 0 unspecified atom stereocenters. The van der Waals surface area contributed by atoms with E-state index in [1.807, 2.05) is 0 Å². The normalized spacial score (nSPS) is 11.4. The van der Waals surface area contributed by atoms with Gasteiger partial charge in [0.25, 0.3) is 0 Å². The van der Waals surface area contributed by atoms with Crippen molar-refractivity contribution in [2.45, 2.75) is 63.7 Å². The second kappa shape index (κ2) is 15.0. The van der Waals surface area contributed by atoms with Gasteiger partial charge in [-0.3, -0.25) is 0 Å². The average molecular weight is 408 g/mol. The van der Waals surface area contributed by atoms with Gasteiger partial charge in [-0.15, -0.1) is 0 Å². The average Bonchev–Trinajstić information content (AvgIpc) is 2.48. The summed E-state index contributed by atoms with van der Waals surface area (Å²) in [5.74, 6) is 0. The fourth-order valence-electron chi connectivity index (χ4n) is 1.70. The molecule has 0 aliphatic heterocycles. The molecular formula is C15H31NO4Sn. The summed E-state index contributed by atoms with van der Waals surface area (Å²) < 4.78 is 18.9. The molecule has 0 aromatic rings. The molecule has 0 aliphatic rings. The Morgan fingerprint density at radius 2 is 1.29 bits per heavy atom. The molecule has 124 valence electrons. The van der Waals surface area contributed by atoms with E-state index in [0.29, 0.717) is 30.8 Å². The van der Waals surface area contributed by atoms with Crippen LogP contribution in [0.1, 0.15) is 59.3 Å². The summed E-state index contributed by atoms with van der Waals surface area (Å²) in [6, 6.07) is 0. The van der Waals surface area contributed by atoms with Gasteiger partial charge in [-0.05, 0) is 0 Å². The monoisotopic (exact) mass is 409 g/mol. The number of rotatable bonds is 15. The first-order valence-corrected chi connectivity index (χ1v) is 13.7. The number of aliphatic imine (C=N–C) groups is 1. The van der Waals surface area contributed by atoms with Crippen molar-refractivity contribution in [1.82, 2.24) is 0 Å². The predicted molar refractivity (Wildman–Crippen MR) is 86.1 cm³/mol. The van der Waals surface area contributed by atoms with E-state index in [2.05, 4.69) is 25.8 Å². The van der Waals surface area contributed by atoms with Crippen LogP contribution < -0.4 is 0 Å². The van der Waals surface area contributed by atoms with Crippen molar-refractivity contribution in [1.29, 1.82) is 0 Å². The van der Waals surface area contributed by atoms with Gasteiger partial charge in [-0.25, -0.2) is 0 Å². The quantitative estimate of drug-likeness (QED) is 0.180. The number of hydrogen-bond donors (Lipinski definition) is 0. The summed E-state index contributed by atoms with van der Waals surface area (Å²) >= 11 is -3.56. The fourth-order valence-corrected chi connectivity index (χ4v) is 8.64. The van der Waals surface area contributed by atoms with Crippen molar-refractivity contribution in [3.63, 3.8) is 0 Å². The molecule has 0 aliphatic carbocycles. The standard InChI is InChI=1S/3C4H9O.C3H4NO.Sn/c3*1-2-3-4-5;1-2-4-3-5;/h3*2-4H2,1H3;1-2H2;/q3*-1;;+3. The molecular weight excluding hydrogens is 377 g/mol. The van der Waals surface area contributed by atoms with E-state index in [-0.39, 0.29) is 0 Å². The van der Waals surface area contributed by atoms with Crippen LogP contribution in [0.5, 0.6) is 0 Å². The number of hydrogen-bond acceptors (Lipinski definition) is 5. The van der Waals surface area contributed by atoms with Crippen molar-refractivity contribution < 1.29 is 14.0 Å². The maximum absolute atomic E-state index is 10.3. The van der Waals surface area contributed by atoms with Crippen LogP contribution in [0.4, 0.5) is 0 Å². The van der Waals surface area contributed by atoms with Crippen molar-refractivity contribution in [3.05, 3.63) is 0 Å². The first-order valence-electron chi connectivity index (χ1n) is 8.20. The molecule has 0 heterocycles. The maximum atomic E-state index is 10.3. The Morgan fingerprint density at radius 1 is 0.857 bits per heavy atom. The third-order valence-electron chi connectivity index (χ3n) is 3.05. The molecule has 0 radical (unpaired) electrons. The van der Waals surface area contributed by atoms with Crippen LogP contribution in [0.3, 0.4) is 0 Å². The van der Waals surface area contributed by atoms with Gasteiger partial charge in [0.1, 0.15) is 0 Å². The van der Waals surface area contributed by atoms with Crippen molar-refractivity contribution in [2.24, 2.45) is 4.99 Å². The fraction of sp³-hybridized carbons (Fsp3) is 0.933.